The van der Waals surface area contributed by atoms with Crippen molar-refractivity contribution in [1.29, 1.82) is 0 Å². The fourth-order valence-electron chi connectivity index (χ4n) is 2.40. The van der Waals surface area contributed by atoms with Gasteiger partial charge in [-0.25, -0.2) is 0 Å². The molecule has 0 atom stereocenters. The largest absolute Gasteiger partial charge is 0.464 e. The second-order valence-electron chi connectivity index (χ2n) is 5.88. The van der Waals surface area contributed by atoms with Crippen LogP contribution < -0.4 is 5.32 Å². The third-order valence-electron chi connectivity index (χ3n) is 3.85. The van der Waals surface area contributed by atoms with Gasteiger partial charge in [-0.15, -0.1) is 0 Å². The molecule has 1 N–H and O–H groups in total. The van der Waals surface area contributed by atoms with Gasteiger partial charge in [0.05, 0.1) is 12.2 Å². The Kier molecular flexibility index (Phi) is 6.98. The van der Waals surface area contributed by atoms with Crippen LogP contribution in [0.1, 0.15) is 35.7 Å². The maximum Gasteiger partial charge on any atom is 0.416 e. The zero-order valence-corrected chi connectivity index (χ0v) is 14.8. The predicted molar refractivity (Wildman–Crippen MR) is 95.1 cm³/mol. The molecular formula is C20H20F3NO3. The number of ether oxygens (including phenoxy) is 1. The van der Waals surface area contributed by atoms with E-state index in [1.54, 1.807) is 24.3 Å². The van der Waals surface area contributed by atoms with Gasteiger partial charge in [-0.3, -0.25) is 9.59 Å². The Morgan fingerprint density at radius 1 is 1.04 bits per heavy atom. The first-order chi connectivity index (χ1) is 12.8. The average Bonchev–Trinajstić information content (AvgIpc) is 2.66. The normalized spacial score (nSPS) is 11.1. The quantitative estimate of drug-likeness (QED) is 0.571. The third kappa shape index (κ3) is 5.84. The smallest absolute Gasteiger partial charge is 0.416 e. The molecule has 0 saturated heterocycles. The Hall–Kier alpha value is -2.83. The second kappa shape index (κ2) is 9.21. The molecule has 0 saturated carbocycles. The molecule has 1 amide bonds. The predicted octanol–water partition coefficient (Wildman–Crippen LogP) is 4.45. The van der Waals surface area contributed by atoms with Crippen LogP contribution in [-0.2, 0) is 15.7 Å². The summed E-state index contributed by atoms with van der Waals surface area (Å²) in [6, 6.07) is 11.1. The van der Waals surface area contributed by atoms with E-state index in [9.17, 15) is 22.8 Å². The molecule has 0 aliphatic heterocycles. The molecule has 0 spiro atoms. The van der Waals surface area contributed by atoms with E-state index in [-0.39, 0.29) is 12.1 Å². The van der Waals surface area contributed by atoms with Gasteiger partial charge in [0.25, 0.3) is 5.91 Å². The summed E-state index contributed by atoms with van der Waals surface area (Å²) < 4.78 is 43.1. The van der Waals surface area contributed by atoms with Crippen molar-refractivity contribution >= 4 is 11.9 Å². The lowest BCUT2D eigenvalue weighted by Gasteiger charge is -2.12. The number of alkyl halides is 3. The van der Waals surface area contributed by atoms with Crippen LogP contribution >= 0.6 is 0 Å². The Morgan fingerprint density at radius 3 is 2.33 bits per heavy atom. The lowest BCUT2D eigenvalue weighted by molar-refractivity contribution is -0.142. The highest BCUT2D eigenvalue weighted by Crippen LogP contribution is 2.31. The van der Waals surface area contributed by atoms with Crippen LogP contribution in [0.4, 0.5) is 13.2 Å². The Bertz CT molecular complexity index is 786. The van der Waals surface area contributed by atoms with Gasteiger partial charge in [0.15, 0.2) is 0 Å². The number of esters is 1. The first-order valence-corrected chi connectivity index (χ1v) is 8.53. The van der Waals surface area contributed by atoms with Gasteiger partial charge in [0.1, 0.15) is 6.54 Å². The lowest BCUT2D eigenvalue weighted by Crippen LogP contribution is -2.31. The van der Waals surface area contributed by atoms with Crippen LogP contribution in [0.25, 0.3) is 11.1 Å². The van der Waals surface area contributed by atoms with Crippen molar-refractivity contribution < 1.29 is 27.5 Å². The van der Waals surface area contributed by atoms with E-state index in [0.29, 0.717) is 17.7 Å². The highest BCUT2D eigenvalue weighted by atomic mass is 19.4. The zero-order chi connectivity index (χ0) is 19.9. The Balaban J connectivity index is 2.11. The number of unbranched alkanes of at least 4 members (excludes halogenated alkanes) is 1. The lowest BCUT2D eigenvalue weighted by atomic mass is 9.98. The molecule has 0 heterocycles. The summed E-state index contributed by atoms with van der Waals surface area (Å²) in [6.07, 6.45) is -2.79. The Labute approximate surface area is 155 Å². The van der Waals surface area contributed by atoms with Crippen molar-refractivity contribution in [3.8, 4) is 11.1 Å². The highest BCUT2D eigenvalue weighted by molar-refractivity contribution is 6.01. The first kappa shape index (κ1) is 20.5. The molecule has 2 rings (SSSR count). The molecule has 0 fully saturated rings. The van der Waals surface area contributed by atoms with Crippen molar-refractivity contribution in [2.45, 2.75) is 25.9 Å². The number of hydrogen-bond donors (Lipinski definition) is 1. The third-order valence-corrected chi connectivity index (χ3v) is 3.85. The van der Waals surface area contributed by atoms with Crippen LogP contribution in [0.2, 0.25) is 0 Å². The Morgan fingerprint density at radius 2 is 1.70 bits per heavy atom. The number of carbonyl (C=O) groups excluding carboxylic acids is 2. The van der Waals surface area contributed by atoms with E-state index in [4.69, 9.17) is 4.74 Å². The molecule has 0 radical (unpaired) electrons. The standard InChI is InChI=1S/C20H20F3NO3/c1-2-3-12-27-18(25)13-24-19(26)17-7-5-4-6-16(17)14-8-10-15(11-9-14)20(21,22)23/h4-11H,2-3,12-13H2,1H3,(H,24,26). The summed E-state index contributed by atoms with van der Waals surface area (Å²) in [4.78, 5) is 24.0. The van der Waals surface area contributed by atoms with Gasteiger partial charge in [-0.05, 0) is 35.7 Å². The van der Waals surface area contributed by atoms with Crippen LogP contribution in [0.15, 0.2) is 48.5 Å². The van der Waals surface area contributed by atoms with Crippen LogP contribution in [-0.4, -0.2) is 25.0 Å². The molecule has 0 aliphatic carbocycles. The second-order valence-corrected chi connectivity index (χ2v) is 5.88. The van der Waals surface area contributed by atoms with E-state index >= 15 is 0 Å². The number of benzene rings is 2. The van der Waals surface area contributed by atoms with Gasteiger partial charge in [0.2, 0.25) is 0 Å². The number of rotatable bonds is 7. The molecular weight excluding hydrogens is 359 g/mol. The molecule has 0 unspecified atom stereocenters. The summed E-state index contributed by atoms with van der Waals surface area (Å²) in [5.74, 6) is -1.04. The fourth-order valence-corrected chi connectivity index (χ4v) is 2.40. The summed E-state index contributed by atoms with van der Waals surface area (Å²) in [5.41, 5.74) is 0.448. The van der Waals surface area contributed by atoms with Crippen LogP contribution in [0.3, 0.4) is 0 Å². The molecule has 0 aliphatic rings. The first-order valence-electron chi connectivity index (χ1n) is 8.53. The van der Waals surface area contributed by atoms with E-state index in [0.717, 1.165) is 25.0 Å². The number of amides is 1. The van der Waals surface area contributed by atoms with Crippen molar-refractivity contribution in [2.75, 3.05) is 13.2 Å². The molecule has 144 valence electrons. The van der Waals surface area contributed by atoms with Gasteiger partial charge < -0.3 is 10.1 Å². The van der Waals surface area contributed by atoms with Crippen LogP contribution in [0.5, 0.6) is 0 Å². The minimum Gasteiger partial charge on any atom is -0.464 e. The maximum absolute atomic E-state index is 12.7. The maximum atomic E-state index is 12.7. The summed E-state index contributed by atoms with van der Waals surface area (Å²) in [6.45, 7) is 1.99. The number of hydrogen-bond acceptors (Lipinski definition) is 3. The van der Waals surface area contributed by atoms with E-state index < -0.39 is 23.6 Å². The van der Waals surface area contributed by atoms with E-state index in [2.05, 4.69) is 5.32 Å². The number of nitrogens with one attached hydrogen (secondary N) is 1. The van der Waals surface area contributed by atoms with Gasteiger partial charge >= 0.3 is 12.1 Å². The molecule has 7 heteroatoms. The summed E-state index contributed by atoms with van der Waals surface area (Å²) in [5, 5.41) is 2.48. The molecule has 0 bridgehead atoms. The number of halogens is 3. The van der Waals surface area contributed by atoms with Crippen molar-refractivity contribution in [3.63, 3.8) is 0 Å². The zero-order valence-electron chi connectivity index (χ0n) is 14.8. The van der Waals surface area contributed by atoms with Gasteiger partial charge in [-0.1, -0.05) is 43.7 Å². The van der Waals surface area contributed by atoms with Crippen molar-refractivity contribution in [3.05, 3.63) is 59.7 Å². The minimum atomic E-state index is -4.42. The topological polar surface area (TPSA) is 55.4 Å². The van der Waals surface area contributed by atoms with Crippen molar-refractivity contribution in [2.24, 2.45) is 0 Å². The minimum absolute atomic E-state index is 0.263. The molecule has 2 aromatic carbocycles. The van der Waals surface area contributed by atoms with Gasteiger partial charge in [-0.2, -0.15) is 13.2 Å². The molecule has 0 aromatic heterocycles. The highest BCUT2D eigenvalue weighted by Gasteiger charge is 2.30. The van der Waals surface area contributed by atoms with Gasteiger partial charge in [0, 0.05) is 5.56 Å². The SMILES string of the molecule is CCCCOC(=O)CNC(=O)c1ccccc1-c1ccc(C(F)(F)F)cc1. The van der Waals surface area contributed by atoms with E-state index in [1.165, 1.54) is 12.1 Å². The monoisotopic (exact) mass is 379 g/mol. The molecule has 2 aromatic rings. The summed E-state index contributed by atoms with van der Waals surface area (Å²) >= 11 is 0. The summed E-state index contributed by atoms with van der Waals surface area (Å²) in [7, 11) is 0. The molecule has 4 nitrogen and oxygen atoms in total. The van der Waals surface area contributed by atoms with Crippen LogP contribution in [0, 0.1) is 0 Å². The fraction of sp³-hybridized carbons (Fsp3) is 0.300. The number of carbonyl (C=O) groups is 2. The van der Waals surface area contributed by atoms with E-state index in [1.807, 2.05) is 6.92 Å². The molecule has 27 heavy (non-hydrogen) atoms. The van der Waals surface area contributed by atoms with Crippen molar-refractivity contribution in [1.82, 2.24) is 5.32 Å². The average molecular weight is 379 g/mol.